The minimum absolute atomic E-state index is 0. The average Bonchev–Trinajstić information content (AvgIpc) is 2.05. The topological polar surface area (TPSA) is 24.1 Å². The number of halogens is 2. The Kier molecular flexibility index (Phi) is 10.1. The molecule has 1 fully saturated rings. The largest absolute Gasteiger partial charge is 0.317 e. The van der Waals surface area contributed by atoms with Crippen LogP contribution in [0.2, 0.25) is 0 Å². The summed E-state index contributed by atoms with van der Waals surface area (Å²) in [6.07, 6.45) is 5.38. The lowest BCUT2D eigenvalue weighted by atomic mass is 9.91. The third-order valence-corrected chi connectivity index (χ3v) is 2.49. The van der Waals surface area contributed by atoms with E-state index in [4.69, 9.17) is 0 Å². The highest BCUT2D eigenvalue weighted by molar-refractivity contribution is 5.85. The summed E-state index contributed by atoms with van der Waals surface area (Å²) in [5.41, 5.74) is 0. The fraction of sp³-hybridized carbons (Fsp3) is 1.00. The Labute approximate surface area is 87.7 Å². The van der Waals surface area contributed by atoms with Gasteiger partial charge in [0.1, 0.15) is 0 Å². The van der Waals surface area contributed by atoms with Gasteiger partial charge >= 0.3 is 0 Å². The van der Waals surface area contributed by atoms with Gasteiger partial charge in [-0.05, 0) is 33.4 Å². The van der Waals surface area contributed by atoms with Gasteiger partial charge in [-0.2, -0.15) is 0 Å². The second kappa shape index (κ2) is 8.11. The molecule has 0 bridgehead atoms. The summed E-state index contributed by atoms with van der Waals surface area (Å²) in [5.74, 6) is 0. The van der Waals surface area contributed by atoms with Crippen LogP contribution in [0.15, 0.2) is 0 Å². The average molecular weight is 215 g/mol. The molecule has 0 unspecified atom stereocenters. The van der Waals surface area contributed by atoms with Crippen molar-refractivity contribution in [2.24, 2.45) is 0 Å². The predicted molar refractivity (Wildman–Crippen MR) is 58.7 cm³/mol. The number of hydrogen-bond acceptors (Lipinski definition) is 2. The van der Waals surface area contributed by atoms with Gasteiger partial charge in [-0.15, -0.1) is 24.8 Å². The molecule has 1 aliphatic rings. The Hall–Kier alpha value is 0.500. The number of rotatable bonds is 2. The molecule has 1 aliphatic carbocycles. The van der Waals surface area contributed by atoms with E-state index in [2.05, 4.69) is 24.7 Å². The molecule has 0 aromatic carbocycles. The third-order valence-electron chi connectivity index (χ3n) is 2.49. The normalized spacial score (nSPS) is 28.5. The summed E-state index contributed by atoms with van der Waals surface area (Å²) >= 11 is 0. The van der Waals surface area contributed by atoms with Gasteiger partial charge in [0.15, 0.2) is 0 Å². The lowest BCUT2D eigenvalue weighted by molar-refractivity contribution is 0.325. The smallest absolute Gasteiger partial charge is 0.00788 e. The molecule has 2 atom stereocenters. The quantitative estimate of drug-likeness (QED) is 0.730. The molecular weight excluding hydrogens is 195 g/mol. The van der Waals surface area contributed by atoms with Crippen molar-refractivity contribution in [3.8, 4) is 0 Å². The molecule has 0 amide bonds. The van der Waals surface area contributed by atoms with Crippen LogP contribution in [0.4, 0.5) is 0 Å². The van der Waals surface area contributed by atoms with Crippen LogP contribution >= 0.6 is 24.8 Å². The van der Waals surface area contributed by atoms with Crippen molar-refractivity contribution >= 4 is 24.8 Å². The van der Waals surface area contributed by atoms with Crippen LogP contribution in [0.25, 0.3) is 0 Å². The zero-order valence-corrected chi connectivity index (χ0v) is 9.43. The van der Waals surface area contributed by atoms with Gasteiger partial charge in [0.05, 0.1) is 0 Å². The highest BCUT2D eigenvalue weighted by atomic mass is 35.5. The molecule has 0 aromatic rings. The van der Waals surface area contributed by atoms with Gasteiger partial charge in [-0.3, -0.25) is 0 Å². The first-order valence-electron chi connectivity index (χ1n) is 4.21. The summed E-state index contributed by atoms with van der Waals surface area (Å²) in [5, 5.41) is 6.66. The van der Waals surface area contributed by atoms with E-state index in [1.807, 2.05) is 0 Å². The fourth-order valence-corrected chi connectivity index (χ4v) is 1.71. The molecule has 76 valence electrons. The minimum atomic E-state index is 0. The van der Waals surface area contributed by atoms with Crippen molar-refractivity contribution in [1.82, 2.24) is 10.6 Å². The van der Waals surface area contributed by atoms with Crippen molar-refractivity contribution in [3.05, 3.63) is 0 Å². The Morgan fingerprint density at radius 2 is 1.33 bits per heavy atom. The number of nitrogens with one attached hydrogen (secondary N) is 2. The molecule has 0 aromatic heterocycles. The molecule has 4 heteroatoms. The fourth-order valence-electron chi connectivity index (χ4n) is 1.71. The molecule has 0 radical (unpaired) electrons. The van der Waals surface area contributed by atoms with Crippen LogP contribution in [-0.2, 0) is 0 Å². The summed E-state index contributed by atoms with van der Waals surface area (Å²) < 4.78 is 0. The second-order valence-corrected chi connectivity index (χ2v) is 3.14. The van der Waals surface area contributed by atoms with Crippen LogP contribution < -0.4 is 10.6 Å². The van der Waals surface area contributed by atoms with E-state index in [9.17, 15) is 0 Å². The van der Waals surface area contributed by atoms with Crippen LogP contribution in [-0.4, -0.2) is 26.2 Å². The highest BCUT2D eigenvalue weighted by Crippen LogP contribution is 2.17. The maximum absolute atomic E-state index is 3.33. The highest BCUT2D eigenvalue weighted by Gasteiger charge is 2.18. The first-order chi connectivity index (χ1) is 4.86. The first kappa shape index (κ1) is 15.0. The standard InChI is InChI=1S/C8H18N2.2ClH/c1-9-7-4-3-5-8(6-7)10-2;;/h7-10H,3-6H2,1-2H3;2*1H/t7-,8-;;/m1../s1. The summed E-state index contributed by atoms with van der Waals surface area (Å²) in [7, 11) is 4.12. The van der Waals surface area contributed by atoms with Crippen molar-refractivity contribution in [1.29, 1.82) is 0 Å². The van der Waals surface area contributed by atoms with E-state index in [-0.39, 0.29) is 24.8 Å². The lowest BCUT2D eigenvalue weighted by Crippen LogP contribution is -2.39. The van der Waals surface area contributed by atoms with E-state index in [0.717, 1.165) is 12.1 Å². The number of hydrogen-bond donors (Lipinski definition) is 2. The van der Waals surface area contributed by atoms with Crippen molar-refractivity contribution in [3.63, 3.8) is 0 Å². The summed E-state index contributed by atoms with van der Waals surface area (Å²) in [6, 6.07) is 1.51. The molecule has 0 aliphatic heterocycles. The zero-order valence-electron chi connectivity index (χ0n) is 7.80. The zero-order chi connectivity index (χ0) is 7.40. The van der Waals surface area contributed by atoms with Crippen LogP contribution in [0.3, 0.4) is 0 Å². The van der Waals surface area contributed by atoms with Crippen molar-refractivity contribution in [2.45, 2.75) is 37.8 Å². The summed E-state index contributed by atoms with van der Waals surface area (Å²) in [4.78, 5) is 0. The van der Waals surface area contributed by atoms with Gasteiger partial charge in [0.2, 0.25) is 0 Å². The van der Waals surface area contributed by atoms with Gasteiger partial charge in [0, 0.05) is 12.1 Å². The van der Waals surface area contributed by atoms with Crippen molar-refractivity contribution < 1.29 is 0 Å². The second-order valence-electron chi connectivity index (χ2n) is 3.14. The Morgan fingerprint density at radius 1 is 0.917 bits per heavy atom. The molecule has 1 saturated carbocycles. The van der Waals surface area contributed by atoms with E-state index in [1.165, 1.54) is 25.7 Å². The van der Waals surface area contributed by atoms with Crippen LogP contribution in [0.1, 0.15) is 25.7 Å². The first-order valence-corrected chi connectivity index (χ1v) is 4.21. The molecule has 12 heavy (non-hydrogen) atoms. The summed E-state index contributed by atoms with van der Waals surface area (Å²) in [6.45, 7) is 0. The maximum atomic E-state index is 3.33. The van der Waals surface area contributed by atoms with Crippen LogP contribution in [0, 0.1) is 0 Å². The van der Waals surface area contributed by atoms with E-state index < -0.39 is 0 Å². The Bertz CT molecular complexity index is 91.1. The van der Waals surface area contributed by atoms with Gasteiger partial charge < -0.3 is 10.6 Å². The maximum Gasteiger partial charge on any atom is 0.00788 e. The molecule has 0 spiro atoms. The Balaban J connectivity index is 0. The predicted octanol–water partition coefficient (Wildman–Crippen LogP) is 1.58. The van der Waals surface area contributed by atoms with Gasteiger partial charge in [-0.1, -0.05) is 6.42 Å². The molecule has 0 heterocycles. The monoisotopic (exact) mass is 214 g/mol. The van der Waals surface area contributed by atoms with Crippen molar-refractivity contribution in [2.75, 3.05) is 14.1 Å². The molecule has 2 N–H and O–H groups in total. The van der Waals surface area contributed by atoms with E-state index >= 15 is 0 Å². The minimum Gasteiger partial charge on any atom is -0.317 e. The molecular formula is C8H20Cl2N2. The van der Waals surface area contributed by atoms with Gasteiger partial charge in [-0.25, -0.2) is 0 Å². The molecule has 2 nitrogen and oxygen atoms in total. The van der Waals surface area contributed by atoms with E-state index in [1.54, 1.807) is 0 Å². The Morgan fingerprint density at radius 3 is 1.67 bits per heavy atom. The van der Waals surface area contributed by atoms with E-state index in [0.29, 0.717) is 0 Å². The van der Waals surface area contributed by atoms with Gasteiger partial charge in [0.25, 0.3) is 0 Å². The van der Waals surface area contributed by atoms with Crippen LogP contribution in [0.5, 0.6) is 0 Å². The third kappa shape index (κ3) is 4.51. The molecule has 0 saturated heterocycles. The molecule has 1 rings (SSSR count). The lowest BCUT2D eigenvalue weighted by Gasteiger charge is -2.28. The SMILES string of the molecule is CN[C@@H]1CCC[C@@H](NC)C1.Cl.Cl.